The van der Waals surface area contributed by atoms with Gasteiger partial charge in [0.15, 0.2) is 0 Å². The molecule has 0 spiro atoms. The molecule has 0 radical (unpaired) electrons. The Morgan fingerprint density at radius 2 is 2.06 bits per heavy atom. The van der Waals surface area contributed by atoms with Crippen LogP contribution in [0, 0.1) is 5.92 Å². The molecule has 1 saturated carbocycles. The van der Waals surface area contributed by atoms with Gasteiger partial charge in [0, 0.05) is 25.7 Å². The van der Waals surface area contributed by atoms with E-state index < -0.39 is 9.84 Å². The Labute approximate surface area is 110 Å². The fraction of sp³-hybridized carbons (Fsp3) is 0.923. The second kappa shape index (κ2) is 6.66. The van der Waals surface area contributed by atoms with Gasteiger partial charge in [-0.2, -0.15) is 0 Å². The third kappa shape index (κ3) is 4.69. The van der Waals surface area contributed by atoms with Crippen molar-refractivity contribution in [1.29, 1.82) is 0 Å². The van der Waals surface area contributed by atoms with Crippen molar-refractivity contribution in [2.45, 2.75) is 56.8 Å². The van der Waals surface area contributed by atoms with Crippen molar-refractivity contribution in [1.82, 2.24) is 0 Å². The molecular weight excluding hydrogens is 252 g/mol. The second-order valence-electron chi connectivity index (χ2n) is 5.37. The van der Waals surface area contributed by atoms with Crippen LogP contribution in [0.3, 0.4) is 0 Å². The fourth-order valence-corrected chi connectivity index (χ4v) is 3.67. The minimum atomic E-state index is -3.01. The molecule has 0 aromatic heterocycles. The molecule has 0 N–H and O–H groups in total. The second-order valence-corrected chi connectivity index (χ2v) is 7.69. The van der Waals surface area contributed by atoms with Crippen molar-refractivity contribution >= 4 is 15.6 Å². The highest BCUT2D eigenvalue weighted by atomic mass is 32.2. The molecule has 3 unspecified atom stereocenters. The number of Topliss-reactive ketones (excluding diaryl/α,β-unsaturated/α-hetero) is 1. The summed E-state index contributed by atoms with van der Waals surface area (Å²) in [7, 11) is -1.37. The van der Waals surface area contributed by atoms with Crippen LogP contribution in [-0.4, -0.2) is 38.9 Å². The van der Waals surface area contributed by atoms with Crippen LogP contribution in [0.5, 0.6) is 0 Å². The van der Waals surface area contributed by atoms with E-state index >= 15 is 0 Å². The summed E-state index contributed by atoms with van der Waals surface area (Å²) >= 11 is 0. The van der Waals surface area contributed by atoms with Crippen LogP contribution in [0.1, 0.15) is 45.4 Å². The number of ketones is 1. The molecule has 1 rings (SSSR count). The average Bonchev–Trinajstić information content (AvgIpc) is 2.34. The van der Waals surface area contributed by atoms with Gasteiger partial charge in [-0.25, -0.2) is 8.42 Å². The monoisotopic (exact) mass is 276 g/mol. The SMILES string of the molecule is COC(C)CCC(=O)C1CCCC(S(C)(=O)=O)C1. The van der Waals surface area contributed by atoms with E-state index in [-0.39, 0.29) is 23.1 Å². The van der Waals surface area contributed by atoms with Gasteiger partial charge in [0.05, 0.1) is 11.4 Å². The van der Waals surface area contributed by atoms with Gasteiger partial charge in [-0.3, -0.25) is 4.79 Å². The summed E-state index contributed by atoms with van der Waals surface area (Å²) in [6, 6.07) is 0. The summed E-state index contributed by atoms with van der Waals surface area (Å²) in [5.41, 5.74) is 0. The van der Waals surface area contributed by atoms with E-state index in [0.717, 1.165) is 19.3 Å². The highest BCUT2D eigenvalue weighted by Gasteiger charge is 2.32. The lowest BCUT2D eigenvalue weighted by molar-refractivity contribution is -0.124. The molecule has 0 aromatic carbocycles. The van der Waals surface area contributed by atoms with E-state index in [1.807, 2.05) is 6.92 Å². The molecule has 1 fully saturated rings. The average molecular weight is 276 g/mol. The summed E-state index contributed by atoms with van der Waals surface area (Å²) in [5.74, 6) is 0.134. The smallest absolute Gasteiger partial charge is 0.150 e. The minimum Gasteiger partial charge on any atom is -0.382 e. The molecule has 0 saturated heterocycles. The minimum absolute atomic E-state index is 0.0671. The molecule has 1 aliphatic carbocycles. The van der Waals surface area contributed by atoms with Crippen LogP contribution in [0.15, 0.2) is 0 Å². The normalized spacial score (nSPS) is 26.8. The summed E-state index contributed by atoms with van der Waals surface area (Å²) in [6.45, 7) is 1.94. The van der Waals surface area contributed by atoms with Crippen LogP contribution in [0.2, 0.25) is 0 Å². The van der Waals surface area contributed by atoms with Crippen LogP contribution in [-0.2, 0) is 19.4 Å². The Morgan fingerprint density at radius 3 is 2.61 bits per heavy atom. The number of carbonyl (C=O) groups excluding carboxylic acids is 1. The predicted octanol–water partition coefficient (Wildman–Crippen LogP) is 1.97. The molecule has 4 nitrogen and oxygen atoms in total. The lowest BCUT2D eigenvalue weighted by atomic mass is 9.84. The topological polar surface area (TPSA) is 60.4 Å². The molecule has 106 valence electrons. The number of sulfone groups is 1. The van der Waals surface area contributed by atoms with Gasteiger partial charge in [-0.05, 0) is 32.6 Å². The van der Waals surface area contributed by atoms with Gasteiger partial charge in [-0.15, -0.1) is 0 Å². The van der Waals surface area contributed by atoms with Gasteiger partial charge in [-0.1, -0.05) is 6.42 Å². The molecule has 0 heterocycles. The number of carbonyl (C=O) groups is 1. The van der Waals surface area contributed by atoms with Crippen LogP contribution < -0.4 is 0 Å². The maximum atomic E-state index is 12.0. The van der Waals surface area contributed by atoms with Gasteiger partial charge in [0.2, 0.25) is 0 Å². The molecule has 5 heteroatoms. The molecule has 3 atom stereocenters. The Kier molecular flexibility index (Phi) is 5.79. The van der Waals surface area contributed by atoms with Gasteiger partial charge in [0.1, 0.15) is 15.6 Å². The van der Waals surface area contributed by atoms with Crippen LogP contribution in [0.4, 0.5) is 0 Å². The molecule has 0 bridgehead atoms. The highest BCUT2D eigenvalue weighted by Crippen LogP contribution is 2.30. The fourth-order valence-electron chi connectivity index (χ4n) is 2.49. The maximum absolute atomic E-state index is 12.0. The van der Waals surface area contributed by atoms with E-state index in [1.165, 1.54) is 6.26 Å². The first-order chi connectivity index (χ1) is 8.34. The lowest BCUT2D eigenvalue weighted by Gasteiger charge is -2.27. The summed E-state index contributed by atoms with van der Waals surface area (Å²) < 4.78 is 28.2. The molecule has 1 aliphatic rings. The Morgan fingerprint density at radius 1 is 1.39 bits per heavy atom. The predicted molar refractivity (Wildman–Crippen MR) is 71.3 cm³/mol. The van der Waals surface area contributed by atoms with Crippen LogP contribution >= 0.6 is 0 Å². The highest BCUT2D eigenvalue weighted by molar-refractivity contribution is 7.91. The molecule has 0 aromatic rings. The maximum Gasteiger partial charge on any atom is 0.150 e. The molecule has 0 aliphatic heterocycles. The van der Waals surface area contributed by atoms with Gasteiger partial charge < -0.3 is 4.74 Å². The first kappa shape index (κ1) is 15.6. The van der Waals surface area contributed by atoms with E-state index in [1.54, 1.807) is 7.11 Å². The van der Waals surface area contributed by atoms with E-state index in [2.05, 4.69) is 0 Å². The largest absolute Gasteiger partial charge is 0.382 e. The van der Waals surface area contributed by atoms with Crippen molar-refractivity contribution < 1.29 is 17.9 Å². The zero-order valence-electron chi connectivity index (χ0n) is 11.5. The third-order valence-corrected chi connectivity index (χ3v) is 5.53. The number of hydrogen-bond donors (Lipinski definition) is 0. The van der Waals surface area contributed by atoms with Crippen molar-refractivity contribution in [3.05, 3.63) is 0 Å². The van der Waals surface area contributed by atoms with E-state index in [4.69, 9.17) is 4.74 Å². The Bertz CT molecular complexity index is 374. The first-order valence-electron chi connectivity index (χ1n) is 6.59. The third-order valence-electron chi connectivity index (χ3n) is 3.89. The summed E-state index contributed by atoms with van der Waals surface area (Å²) in [6.07, 6.45) is 5.47. The standard InChI is InChI=1S/C13H24O4S/c1-10(17-2)7-8-13(14)11-5-4-6-12(9-11)18(3,15)16/h10-12H,4-9H2,1-3H3. The zero-order chi connectivity index (χ0) is 13.8. The van der Waals surface area contributed by atoms with Crippen LogP contribution in [0.25, 0.3) is 0 Å². The van der Waals surface area contributed by atoms with E-state index in [0.29, 0.717) is 19.3 Å². The van der Waals surface area contributed by atoms with Crippen molar-refractivity contribution in [2.75, 3.05) is 13.4 Å². The first-order valence-corrected chi connectivity index (χ1v) is 8.54. The van der Waals surface area contributed by atoms with Crippen molar-refractivity contribution in [2.24, 2.45) is 5.92 Å². The number of hydrogen-bond acceptors (Lipinski definition) is 4. The zero-order valence-corrected chi connectivity index (χ0v) is 12.3. The Balaban J connectivity index is 2.49. The molecule has 0 amide bonds. The number of rotatable bonds is 6. The molecular formula is C13H24O4S. The lowest BCUT2D eigenvalue weighted by Crippen LogP contribution is -2.31. The number of ether oxygens (including phenoxy) is 1. The Hall–Kier alpha value is -0.420. The van der Waals surface area contributed by atoms with Crippen molar-refractivity contribution in [3.63, 3.8) is 0 Å². The van der Waals surface area contributed by atoms with Gasteiger partial charge in [0.25, 0.3) is 0 Å². The van der Waals surface area contributed by atoms with E-state index in [9.17, 15) is 13.2 Å². The summed E-state index contributed by atoms with van der Waals surface area (Å²) in [5, 5.41) is -0.319. The van der Waals surface area contributed by atoms with Gasteiger partial charge >= 0.3 is 0 Å². The quantitative estimate of drug-likeness (QED) is 0.744. The van der Waals surface area contributed by atoms with Crippen molar-refractivity contribution in [3.8, 4) is 0 Å². The number of methoxy groups -OCH3 is 1. The summed E-state index contributed by atoms with van der Waals surface area (Å²) in [4.78, 5) is 12.0. The molecule has 18 heavy (non-hydrogen) atoms.